The Bertz CT molecular complexity index is 955. The zero-order chi connectivity index (χ0) is 26.2. The molecule has 0 saturated heterocycles. The molecule has 4 fully saturated rings. The van der Waals surface area contributed by atoms with Gasteiger partial charge in [0.15, 0.2) is 5.78 Å². The molecule has 4 aliphatic carbocycles. The largest absolute Gasteiger partial charge is 0.480 e. The first-order valence-electron chi connectivity index (χ1n) is 13.2. The summed E-state index contributed by atoms with van der Waals surface area (Å²) in [6.07, 6.45) is 5.55. The van der Waals surface area contributed by atoms with Crippen molar-refractivity contribution < 1.29 is 33.8 Å². The lowest BCUT2D eigenvalue weighted by molar-refractivity contribution is -0.236. The molecular formula is C28H42O7. The molecule has 4 rings (SSSR count). The van der Waals surface area contributed by atoms with Crippen molar-refractivity contribution in [1.82, 2.24) is 0 Å². The van der Waals surface area contributed by atoms with Crippen LogP contribution in [0.3, 0.4) is 0 Å². The van der Waals surface area contributed by atoms with E-state index in [0.717, 1.165) is 39.2 Å². The highest BCUT2D eigenvalue weighted by molar-refractivity contribution is 6.21. The van der Waals surface area contributed by atoms with Gasteiger partial charge in [-0.2, -0.15) is 0 Å². The second-order valence-corrected chi connectivity index (χ2v) is 13.1. The lowest BCUT2D eigenvalue weighted by atomic mass is 9.33. The number of carboxylic acids is 1. The molecule has 0 bridgehead atoms. The Balaban J connectivity index is 1.71. The van der Waals surface area contributed by atoms with Crippen LogP contribution >= 0.6 is 0 Å². The third-order valence-electron chi connectivity index (χ3n) is 11.8. The van der Waals surface area contributed by atoms with Gasteiger partial charge in [0.05, 0.1) is 7.11 Å². The first-order valence-corrected chi connectivity index (χ1v) is 13.2. The van der Waals surface area contributed by atoms with Crippen LogP contribution in [0.2, 0.25) is 0 Å². The van der Waals surface area contributed by atoms with Gasteiger partial charge in [0.25, 0.3) is 0 Å². The zero-order valence-electron chi connectivity index (χ0n) is 22.4. The predicted octanol–water partition coefficient (Wildman–Crippen LogP) is 4.80. The summed E-state index contributed by atoms with van der Waals surface area (Å²) in [6, 6.07) is 0. The van der Waals surface area contributed by atoms with Crippen LogP contribution in [0.5, 0.6) is 0 Å². The van der Waals surface area contributed by atoms with Gasteiger partial charge in [0.1, 0.15) is 6.10 Å². The van der Waals surface area contributed by atoms with Crippen LogP contribution in [0.15, 0.2) is 0 Å². The first-order chi connectivity index (χ1) is 16.1. The zero-order valence-corrected chi connectivity index (χ0v) is 22.4. The fraction of sp³-hybridized carbons (Fsp3) is 0.857. The smallest absolute Gasteiger partial charge is 0.330 e. The van der Waals surface area contributed by atoms with Crippen LogP contribution in [0, 0.1) is 44.8 Å². The highest BCUT2D eigenvalue weighted by Crippen LogP contribution is 2.74. The maximum Gasteiger partial charge on any atom is 0.330 e. The first kappa shape index (κ1) is 26.2. The number of esters is 2. The Morgan fingerprint density at radius 3 is 2.09 bits per heavy atom. The molecule has 0 aromatic carbocycles. The number of carbonyl (C=O) groups is 4. The van der Waals surface area contributed by atoms with Gasteiger partial charge < -0.3 is 14.6 Å². The van der Waals surface area contributed by atoms with Crippen molar-refractivity contribution in [2.45, 2.75) is 99.0 Å². The number of fused-ring (bicyclic) bond motifs is 5. The molecule has 0 amide bonds. The Morgan fingerprint density at radius 1 is 0.857 bits per heavy atom. The normalized spacial score (nSPS) is 46.4. The molecule has 0 aromatic heterocycles. The lowest BCUT2D eigenvalue weighted by Gasteiger charge is -2.71. The number of methoxy groups -OCH3 is 1. The summed E-state index contributed by atoms with van der Waals surface area (Å²) in [6.45, 7) is 12.8. The van der Waals surface area contributed by atoms with E-state index in [1.165, 1.54) is 6.92 Å². The molecule has 7 nitrogen and oxygen atoms in total. The minimum Gasteiger partial charge on any atom is -0.480 e. The highest BCUT2D eigenvalue weighted by atomic mass is 16.5. The van der Waals surface area contributed by atoms with Gasteiger partial charge in [0.2, 0.25) is 5.41 Å². The maximum atomic E-state index is 13.8. The van der Waals surface area contributed by atoms with E-state index in [-0.39, 0.29) is 40.2 Å². The number of ether oxygens (including phenoxy) is 2. The number of aliphatic carboxylic acids is 1. The summed E-state index contributed by atoms with van der Waals surface area (Å²) in [4.78, 5) is 50.5. The molecule has 4 saturated carbocycles. The van der Waals surface area contributed by atoms with Crippen molar-refractivity contribution in [2.75, 3.05) is 7.11 Å². The monoisotopic (exact) mass is 490 g/mol. The molecule has 0 heterocycles. The molecule has 7 heteroatoms. The third kappa shape index (κ3) is 3.21. The average molecular weight is 491 g/mol. The molecule has 0 spiro atoms. The second-order valence-electron chi connectivity index (χ2n) is 13.1. The highest BCUT2D eigenvalue weighted by Gasteiger charge is 2.72. The van der Waals surface area contributed by atoms with Gasteiger partial charge in [-0.3, -0.25) is 19.2 Å². The Hall–Kier alpha value is -1.92. The molecule has 35 heavy (non-hydrogen) atoms. The summed E-state index contributed by atoms with van der Waals surface area (Å²) < 4.78 is 10.6. The quantitative estimate of drug-likeness (QED) is 0.447. The molecule has 1 N–H and O–H groups in total. The number of ketones is 1. The average Bonchev–Trinajstić information content (AvgIpc) is 2.76. The molecule has 0 aromatic rings. The van der Waals surface area contributed by atoms with Gasteiger partial charge in [-0.05, 0) is 79.4 Å². The lowest BCUT2D eigenvalue weighted by Crippen LogP contribution is -2.68. The van der Waals surface area contributed by atoms with Gasteiger partial charge >= 0.3 is 17.9 Å². The van der Waals surface area contributed by atoms with Crippen molar-refractivity contribution in [3.05, 3.63) is 0 Å². The maximum absolute atomic E-state index is 13.8. The molecule has 8 atom stereocenters. The van der Waals surface area contributed by atoms with E-state index in [0.29, 0.717) is 24.7 Å². The Labute approximate surface area is 208 Å². The number of hydrogen-bond donors (Lipinski definition) is 1. The van der Waals surface area contributed by atoms with E-state index < -0.39 is 29.1 Å². The van der Waals surface area contributed by atoms with Crippen LogP contribution in [-0.2, 0) is 28.7 Å². The molecule has 0 radical (unpaired) electrons. The van der Waals surface area contributed by atoms with E-state index in [1.807, 2.05) is 0 Å². The van der Waals surface area contributed by atoms with E-state index in [9.17, 15) is 24.3 Å². The summed E-state index contributed by atoms with van der Waals surface area (Å²) in [5, 5.41) is 10.0. The fourth-order valence-corrected chi connectivity index (χ4v) is 9.75. The SMILES string of the molecule is COC(=O)[C@@]1(C(=O)O)CC[C@]2(C)C(CCC3[C@@]4(C)CCC(OC(C)=O)C(C)(C)C4CC[C@]32C)C1=O. The van der Waals surface area contributed by atoms with Crippen LogP contribution in [-0.4, -0.2) is 42.0 Å². The molecule has 4 aliphatic rings. The van der Waals surface area contributed by atoms with Gasteiger partial charge in [-0.1, -0.05) is 34.6 Å². The molecule has 4 unspecified atom stereocenters. The second kappa shape index (κ2) is 8.04. The minimum atomic E-state index is -2.09. The number of hydrogen-bond acceptors (Lipinski definition) is 6. The van der Waals surface area contributed by atoms with E-state index in [4.69, 9.17) is 9.47 Å². The molecule has 0 aliphatic heterocycles. The number of rotatable bonds is 3. The minimum absolute atomic E-state index is 0.0106. The Kier molecular flexibility index (Phi) is 6.01. The van der Waals surface area contributed by atoms with Crippen LogP contribution in [0.4, 0.5) is 0 Å². The van der Waals surface area contributed by atoms with Crippen LogP contribution in [0.25, 0.3) is 0 Å². The van der Waals surface area contributed by atoms with Crippen molar-refractivity contribution in [3.63, 3.8) is 0 Å². The van der Waals surface area contributed by atoms with Crippen LogP contribution in [0.1, 0.15) is 92.9 Å². The summed E-state index contributed by atoms with van der Waals surface area (Å²) in [5.41, 5.74) is -2.74. The predicted molar refractivity (Wildman–Crippen MR) is 128 cm³/mol. The van der Waals surface area contributed by atoms with Crippen molar-refractivity contribution in [1.29, 1.82) is 0 Å². The summed E-state index contributed by atoms with van der Waals surface area (Å²) in [7, 11) is 1.16. The van der Waals surface area contributed by atoms with Gasteiger partial charge in [-0.25, -0.2) is 0 Å². The van der Waals surface area contributed by atoms with E-state index in [1.54, 1.807) is 0 Å². The number of carbonyl (C=O) groups excluding carboxylic acids is 3. The van der Waals surface area contributed by atoms with E-state index >= 15 is 0 Å². The fourth-order valence-electron chi connectivity index (χ4n) is 9.75. The molecular weight excluding hydrogens is 448 g/mol. The topological polar surface area (TPSA) is 107 Å². The van der Waals surface area contributed by atoms with Gasteiger partial charge in [-0.15, -0.1) is 0 Å². The summed E-state index contributed by atoms with van der Waals surface area (Å²) in [5.74, 6) is -2.73. The van der Waals surface area contributed by atoms with Crippen molar-refractivity contribution in [3.8, 4) is 0 Å². The van der Waals surface area contributed by atoms with Crippen molar-refractivity contribution in [2.24, 2.45) is 44.8 Å². The summed E-state index contributed by atoms with van der Waals surface area (Å²) >= 11 is 0. The standard InChI is InChI=1S/C28H42O7/c1-16(29)35-20-11-12-25(4)18(24(20,2)3)10-13-27(6)19(25)9-8-17-21(30)28(22(31)32,23(33)34-7)15-14-26(17,27)5/h17-20H,8-15H2,1-7H3,(H,31,32)/t17?,18?,19?,20?,25-,26+,27+,28-/m0/s1. The number of carboxylic acid groups (broad SMARTS) is 1. The Morgan fingerprint density at radius 2 is 1.51 bits per heavy atom. The molecule has 196 valence electrons. The van der Waals surface area contributed by atoms with Crippen LogP contribution < -0.4 is 0 Å². The van der Waals surface area contributed by atoms with Gasteiger partial charge in [0, 0.05) is 18.3 Å². The third-order valence-corrected chi connectivity index (χ3v) is 11.8. The number of Topliss-reactive ketones (excluding diaryl/α,β-unsaturated/α-hetero) is 1. The van der Waals surface area contributed by atoms with E-state index in [2.05, 4.69) is 34.6 Å². The van der Waals surface area contributed by atoms with Crippen molar-refractivity contribution >= 4 is 23.7 Å².